The fraction of sp³-hybridized carbons (Fsp3) is 0.880. The summed E-state index contributed by atoms with van der Waals surface area (Å²) in [6.45, 7) is 16.9. The van der Waals surface area contributed by atoms with Gasteiger partial charge in [-0.25, -0.2) is 13.2 Å². The molecule has 3 heterocycles. The molecular weight excluding hydrogens is 498 g/mol. The van der Waals surface area contributed by atoms with E-state index < -0.39 is 28.5 Å². The minimum atomic E-state index is -4.98. The van der Waals surface area contributed by atoms with E-state index in [0.29, 0.717) is 29.7 Å². The second-order valence-electron chi connectivity index (χ2n) is 10.3. The van der Waals surface area contributed by atoms with Crippen molar-refractivity contribution in [2.24, 2.45) is 0 Å². The van der Waals surface area contributed by atoms with Crippen LogP contribution in [0, 0.1) is 6.92 Å². The van der Waals surface area contributed by atoms with Crippen LogP contribution in [0.2, 0.25) is 0 Å². The quantitative estimate of drug-likeness (QED) is 0.176. The summed E-state index contributed by atoms with van der Waals surface area (Å²) in [5.74, 6) is 0.671. The summed E-state index contributed by atoms with van der Waals surface area (Å²) in [6, 6.07) is -1.58. The number of quaternary nitrogens is 1. The number of rotatable bonds is 15. The Labute approximate surface area is 223 Å². The molecule has 0 aromatic carbocycles. The lowest BCUT2D eigenvalue weighted by atomic mass is 10.0. The van der Waals surface area contributed by atoms with Gasteiger partial charge in [0, 0.05) is 13.5 Å². The van der Waals surface area contributed by atoms with Crippen molar-refractivity contribution in [2.45, 2.75) is 111 Å². The van der Waals surface area contributed by atoms with E-state index in [1.807, 2.05) is 0 Å². The number of hydrogen-bond donors (Lipinski definition) is 0. The van der Waals surface area contributed by atoms with Crippen molar-refractivity contribution < 1.29 is 30.9 Å². The largest absolute Gasteiger partial charge is 0.724 e. The van der Waals surface area contributed by atoms with Crippen molar-refractivity contribution in [2.75, 3.05) is 32.7 Å². The van der Waals surface area contributed by atoms with E-state index in [1.54, 1.807) is 6.92 Å². The Balaban J connectivity index is 0.000000265. The average molecular weight is 546 g/mol. The number of nitrogens with zero attached hydrogens (tertiary/aromatic N) is 5. The van der Waals surface area contributed by atoms with Crippen LogP contribution in [-0.2, 0) is 14.7 Å². The molecule has 3 rings (SSSR count). The molecule has 2 fully saturated rings. The maximum atomic E-state index is 12.1. The van der Waals surface area contributed by atoms with Gasteiger partial charge in [0.25, 0.3) is 0 Å². The Morgan fingerprint density at radius 1 is 0.946 bits per heavy atom. The number of hydrogen-bond acceptors (Lipinski definition) is 8. The Hall–Kier alpha value is -1.76. The van der Waals surface area contributed by atoms with Crippen LogP contribution in [0.3, 0.4) is 0 Å². The molecule has 0 spiro atoms. The SMILES string of the molecule is CCCC[N+](CCCC)(CCCC)CCCC.Cc1nnc([C@@H]2CC[C@@H]3CN2C(=O)N3OS(=O)(=O)[O-])o1. The predicted octanol–water partition coefficient (Wildman–Crippen LogP) is 4.71. The molecule has 0 N–H and O–H groups in total. The maximum absolute atomic E-state index is 12.1. The molecule has 214 valence electrons. The third-order valence-corrected chi connectivity index (χ3v) is 7.61. The molecule has 0 saturated carbocycles. The van der Waals surface area contributed by atoms with Gasteiger partial charge in [-0.15, -0.1) is 10.2 Å². The molecule has 2 aliphatic heterocycles. The highest BCUT2D eigenvalue weighted by molar-refractivity contribution is 7.80. The summed E-state index contributed by atoms with van der Waals surface area (Å²) < 4.78 is 42.9. The van der Waals surface area contributed by atoms with Gasteiger partial charge in [0.1, 0.15) is 6.04 Å². The summed E-state index contributed by atoms with van der Waals surface area (Å²) in [5.41, 5.74) is 0. The molecular formula is C25H47N5O6S. The van der Waals surface area contributed by atoms with Crippen molar-refractivity contribution in [1.82, 2.24) is 20.2 Å². The first-order valence-corrected chi connectivity index (χ1v) is 15.3. The number of fused-ring (bicyclic) bond motifs is 2. The molecule has 12 heteroatoms. The molecule has 37 heavy (non-hydrogen) atoms. The molecule has 2 bridgehead atoms. The van der Waals surface area contributed by atoms with Crippen LogP contribution in [0.5, 0.6) is 0 Å². The molecule has 2 saturated heterocycles. The van der Waals surface area contributed by atoms with Crippen molar-refractivity contribution in [1.29, 1.82) is 0 Å². The number of hydroxylamine groups is 2. The summed E-state index contributed by atoms with van der Waals surface area (Å²) in [7, 11) is -4.98. The topological polar surface area (TPSA) is 129 Å². The number of aromatic nitrogens is 2. The summed E-state index contributed by atoms with van der Waals surface area (Å²) >= 11 is 0. The van der Waals surface area contributed by atoms with E-state index in [2.05, 4.69) is 42.2 Å². The van der Waals surface area contributed by atoms with E-state index in [1.165, 1.54) is 86.9 Å². The van der Waals surface area contributed by atoms with Crippen LogP contribution in [-0.4, -0.2) is 82.4 Å². The fourth-order valence-corrected chi connectivity index (χ4v) is 5.56. The van der Waals surface area contributed by atoms with Crippen LogP contribution in [0.1, 0.15) is 110 Å². The zero-order valence-electron chi connectivity index (χ0n) is 23.4. The zero-order chi connectivity index (χ0) is 27.5. The third kappa shape index (κ3) is 9.49. The number of unbranched alkanes of at least 4 members (excludes halogenated alkanes) is 4. The van der Waals surface area contributed by atoms with Crippen LogP contribution in [0.4, 0.5) is 4.79 Å². The number of amides is 2. The van der Waals surface area contributed by atoms with Crippen LogP contribution in [0.25, 0.3) is 0 Å². The molecule has 11 nitrogen and oxygen atoms in total. The van der Waals surface area contributed by atoms with Gasteiger partial charge in [-0.1, -0.05) is 53.4 Å². The number of urea groups is 1. The number of aryl methyl sites for hydroxylation is 1. The van der Waals surface area contributed by atoms with Crippen molar-refractivity contribution in [3.63, 3.8) is 0 Å². The normalized spacial score (nSPS) is 19.8. The molecule has 0 radical (unpaired) electrons. The highest BCUT2D eigenvalue weighted by Crippen LogP contribution is 2.38. The molecule has 1 aromatic rings. The standard InChI is InChI=1S/C16H36N.C9H12N4O6S/c1-5-9-13-17(14-10-6-2,15-11-7-3)16-12-8-4;1-5-10-11-8(18-5)7-3-2-6-4-12(7)9(14)13(6)19-20(15,16)17/h5-16H2,1-4H3;6-7H,2-4H2,1H3,(H,15,16,17)/q+1;/p-1/t;6-,7+/m.1/s1. The van der Waals surface area contributed by atoms with Gasteiger partial charge >= 0.3 is 6.03 Å². The Kier molecular flexibility index (Phi) is 12.7. The van der Waals surface area contributed by atoms with Gasteiger partial charge in [0.15, 0.2) is 0 Å². The van der Waals surface area contributed by atoms with Gasteiger partial charge in [0.05, 0.1) is 32.2 Å². The lowest BCUT2D eigenvalue weighted by Gasteiger charge is -2.39. The molecule has 0 aliphatic carbocycles. The van der Waals surface area contributed by atoms with E-state index in [9.17, 15) is 17.8 Å². The molecule has 0 unspecified atom stereocenters. The third-order valence-electron chi connectivity index (χ3n) is 7.27. The van der Waals surface area contributed by atoms with Crippen LogP contribution < -0.4 is 0 Å². The van der Waals surface area contributed by atoms with Crippen molar-refractivity contribution >= 4 is 16.4 Å². The number of piperidine rings is 1. The Morgan fingerprint density at radius 3 is 1.86 bits per heavy atom. The fourth-order valence-electron chi connectivity index (χ4n) is 5.18. The Morgan fingerprint density at radius 2 is 1.46 bits per heavy atom. The first-order valence-electron chi connectivity index (χ1n) is 14.0. The summed E-state index contributed by atoms with van der Waals surface area (Å²) in [5, 5.41) is 8.19. The highest BCUT2D eigenvalue weighted by Gasteiger charge is 2.48. The van der Waals surface area contributed by atoms with Crippen molar-refractivity contribution in [3.05, 3.63) is 11.8 Å². The smallest absolute Gasteiger partial charge is 0.346 e. The molecule has 2 atom stereocenters. The Bertz CT molecular complexity index is 887. The molecule has 2 amide bonds. The van der Waals surface area contributed by atoms with E-state index in [4.69, 9.17) is 4.42 Å². The maximum Gasteiger partial charge on any atom is 0.346 e. The van der Waals surface area contributed by atoms with Gasteiger partial charge in [-0.05, 0) is 38.5 Å². The predicted molar refractivity (Wildman–Crippen MR) is 139 cm³/mol. The monoisotopic (exact) mass is 545 g/mol. The lowest BCUT2D eigenvalue weighted by molar-refractivity contribution is -0.929. The van der Waals surface area contributed by atoms with Gasteiger partial charge in [-0.2, -0.15) is 9.35 Å². The zero-order valence-corrected chi connectivity index (χ0v) is 24.2. The van der Waals surface area contributed by atoms with Crippen molar-refractivity contribution in [3.8, 4) is 0 Å². The lowest BCUT2D eigenvalue weighted by Crippen LogP contribution is -2.50. The van der Waals surface area contributed by atoms with Gasteiger partial charge in [-0.3, -0.25) is 0 Å². The van der Waals surface area contributed by atoms with E-state index in [0.717, 1.165) is 0 Å². The molecule has 1 aromatic heterocycles. The average Bonchev–Trinajstić information content (AvgIpc) is 3.40. The second kappa shape index (κ2) is 15.0. The summed E-state index contributed by atoms with van der Waals surface area (Å²) in [4.78, 5) is 13.5. The minimum absolute atomic E-state index is 0.250. The minimum Gasteiger partial charge on any atom is -0.724 e. The van der Waals surface area contributed by atoms with Gasteiger partial charge < -0.3 is 18.4 Å². The second-order valence-corrected chi connectivity index (χ2v) is 11.3. The van der Waals surface area contributed by atoms with Crippen LogP contribution >= 0.6 is 0 Å². The molecule has 2 aliphatic rings. The highest BCUT2D eigenvalue weighted by atomic mass is 32.3. The van der Waals surface area contributed by atoms with E-state index in [-0.39, 0.29) is 6.54 Å². The van der Waals surface area contributed by atoms with Crippen LogP contribution in [0.15, 0.2) is 4.42 Å². The first kappa shape index (κ1) is 31.5. The van der Waals surface area contributed by atoms with E-state index >= 15 is 0 Å². The first-order chi connectivity index (χ1) is 17.6. The summed E-state index contributed by atoms with van der Waals surface area (Å²) in [6.07, 6.45) is 12.1. The number of carbonyl (C=O) groups excluding carboxylic acids is 1. The number of carbonyl (C=O) groups is 1. The van der Waals surface area contributed by atoms with Gasteiger partial charge in [0.2, 0.25) is 22.2 Å².